The zero-order valence-electron chi connectivity index (χ0n) is 18.2. The fourth-order valence-electron chi connectivity index (χ4n) is 3.45. The van der Waals surface area contributed by atoms with Crippen LogP contribution in [-0.2, 0) is 13.1 Å². The van der Waals surface area contributed by atoms with Crippen LogP contribution in [-0.4, -0.2) is 24.2 Å². The molecule has 0 fully saturated rings. The number of anilines is 2. The minimum Gasteiger partial charge on any atom is -0.508 e. The van der Waals surface area contributed by atoms with Gasteiger partial charge in [0.1, 0.15) is 5.75 Å². The molecule has 0 saturated carbocycles. The second-order valence-electron chi connectivity index (χ2n) is 7.70. The molecule has 0 spiro atoms. The number of hydrogen-bond donors (Lipinski definition) is 3. The molecule has 0 amide bonds. The van der Waals surface area contributed by atoms with Crippen LogP contribution < -0.4 is 22.3 Å². The Labute approximate surface area is 200 Å². The van der Waals surface area contributed by atoms with Crippen molar-refractivity contribution in [1.29, 1.82) is 0 Å². The van der Waals surface area contributed by atoms with E-state index in [0.29, 0.717) is 0 Å². The van der Waals surface area contributed by atoms with Crippen molar-refractivity contribution < 1.29 is 13.9 Å². The predicted molar refractivity (Wildman–Crippen MR) is 126 cm³/mol. The van der Waals surface area contributed by atoms with Gasteiger partial charge in [0.2, 0.25) is 5.95 Å². The zero-order valence-corrected chi connectivity index (χ0v) is 18.9. The van der Waals surface area contributed by atoms with Gasteiger partial charge in [0, 0.05) is 17.8 Å². The van der Waals surface area contributed by atoms with Crippen LogP contribution in [0.3, 0.4) is 0 Å². The minimum atomic E-state index is -1.10. The Morgan fingerprint density at radius 3 is 2.54 bits per heavy atom. The number of aryl methyl sites for hydroxylation is 1. The Morgan fingerprint density at radius 2 is 1.86 bits per heavy atom. The topological polar surface area (TPSA) is 122 Å². The number of aromatic nitrogens is 4. The maximum absolute atomic E-state index is 14.0. The number of phenolic OH excluding ortho intramolecular Hbond substituents is 1. The number of hydrogen-bond acceptors (Lipinski definition) is 6. The summed E-state index contributed by atoms with van der Waals surface area (Å²) in [6.07, 6.45) is 1.41. The van der Waals surface area contributed by atoms with Gasteiger partial charge in [-0.15, -0.1) is 0 Å². The Balaban J connectivity index is 1.86. The summed E-state index contributed by atoms with van der Waals surface area (Å²) in [5, 5.41) is 12.4. The van der Waals surface area contributed by atoms with Crippen LogP contribution in [0, 0.1) is 18.6 Å². The van der Waals surface area contributed by atoms with E-state index in [9.17, 15) is 28.3 Å². The van der Waals surface area contributed by atoms with Crippen molar-refractivity contribution in [2.75, 3.05) is 5.32 Å². The van der Waals surface area contributed by atoms with Crippen molar-refractivity contribution in [1.82, 2.24) is 19.1 Å². The van der Waals surface area contributed by atoms with E-state index in [1.165, 1.54) is 43.5 Å². The second kappa shape index (κ2) is 9.55. The standard InChI is InChI=1S/C23H18ClF2N5O4/c1-12-7-13(8-17(25)19(12)26)10-30-21(28-18-5-4-15(32)9-16(18)24)29-22(34)31(23(30)35)11-14-3-2-6-27-20(14)33/h2-9,32H,10-11H2,1H3,(H,27,33)(H,28,29,34). The smallest absolute Gasteiger partial charge is 0.355 e. The lowest BCUT2D eigenvalue weighted by Crippen LogP contribution is -2.43. The van der Waals surface area contributed by atoms with E-state index in [4.69, 9.17) is 11.6 Å². The fraction of sp³-hybridized carbons (Fsp3) is 0.130. The lowest BCUT2D eigenvalue weighted by Gasteiger charge is -2.16. The Bertz CT molecular complexity index is 1590. The number of aromatic amines is 1. The monoisotopic (exact) mass is 501 g/mol. The number of nitrogens with one attached hydrogen (secondary N) is 2. The van der Waals surface area contributed by atoms with Gasteiger partial charge < -0.3 is 15.4 Å². The Morgan fingerprint density at radius 1 is 1.09 bits per heavy atom. The first-order valence-electron chi connectivity index (χ1n) is 10.2. The quantitative estimate of drug-likeness (QED) is 0.349. The molecule has 4 aromatic rings. The third-order valence-corrected chi connectivity index (χ3v) is 5.50. The fourth-order valence-corrected chi connectivity index (χ4v) is 3.67. The molecule has 3 N–H and O–H groups in total. The van der Waals surface area contributed by atoms with Gasteiger partial charge in [0.25, 0.3) is 5.56 Å². The molecule has 180 valence electrons. The molecule has 0 radical (unpaired) electrons. The lowest BCUT2D eigenvalue weighted by atomic mass is 10.1. The molecule has 0 saturated heterocycles. The summed E-state index contributed by atoms with van der Waals surface area (Å²) in [6.45, 7) is 0.728. The van der Waals surface area contributed by atoms with E-state index < -0.39 is 28.6 Å². The molecule has 2 aromatic heterocycles. The average molecular weight is 502 g/mol. The summed E-state index contributed by atoms with van der Waals surface area (Å²) in [5.41, 5.74) is -1.66. The number of rotatable bonds is 6. The second-order valence-corrected chi connectivity index (χ2v) is 8.10. The summed E-state index contributed by atoms with van der Waals surface area (Å²) in [4.78, 5) is 44.6. The van der Waals surface area contributed by atoms with Crippen LogP contribution >= 0.6 is 11.6 Å². The van der Waals surface area contributed by atoms with E-state index in [1.807, 2.05) is 0 Å². The van der Waals surface area contributed by atoms with E-state index in [-0.39, 0.29) is 52.2 Å². The molecule has 0 aliphatic rings. The Hall–Kier alpha value is -4.25. The molecular weight excluding hydrogens is 484 g/mol. The van der Waals surface area contributed by atoms with Gasteiger partial charge in [-0.2, -0.15) is 4.98 Å². The van der Waals surface area contributed by atoms with Gasteiger partial charge in [-0.1, -0.05) is 23.7 Å². The summed E-state index contributed by atoms with van der Waals surface area (Å²) in [5.74, 6) is -2.44. The molecule has 9 nitrogen and oxygen atoms in total. The van der Waals surface area contributed by atoms with E-state index in [1.54, 1.807) is 6.07 Å². The van der Waals surface area contributed by atoms with Gasteiger partial charge in [0.15, 0.2) is 11.6 Å². The molecule has 2 aromatic carbocycles. The molecule has 0 atom stereocenters. The SMILES string of the molecule is Cc1cc(Cn2c(Nc3ccc(O)cc3Cl)nc(=O)n(Cc3ccc[nH]c3=O)c2=O)cc(F)c1F. The summed E-state index contributed by atoms with van der Waals surface area (Å²) < 4.78 is 29.6. The number of aromatic hydroxyl groups is 1. The van der Waals surface area contributed by atoms with Crippen LogP contribution in [0.5, 0.6) is 5.75 Å². The van der Waals surface area contributed by atoms with Crippen LogP contribution in [0.4, 0.5) is 20.4 Å². The maximum Gasteiger partial charge on any atom is 0.355 e. The predicted octanol–water partition coefficient (Wildman–Crippen LogP) is 2.88. The van der Waals surface area contributed by atoms with Gasteiger partial charge in [-0.25, -0.2) is 22.9 Å². The maximum atomic E-state index is 14.0. The van der Waals surface area contributed by atoms with Crippen molar-refractivity contribution in [3.8, 4) is 5.75 Å². The molecule has 35 heavy (non-hydrogen) atoms. The van der Waals surface area contributed by atoms with Crippen LogP contribution in [0.2, 0.25) is 5.02 Å². The highest BCUT2D eigenvalue weighted by Gasteiger charge is 2.17. The summed E-state index contributed by atoms with van der Waals surface area (Å²) >= 11 is 6.14. The van der Waals surface area contributed by atoms with Gasteiger partial charge in [-0.3, -0.25) is 9.36 Å². The van der Waals surface area contributed by atoms with Gasteiger partial charge in [-0.05, 0) is 42.3 Å². The number of halogens is 3. The number of benzene rings is 2. The molecule has 12 heteroatoms. The van der Waals surface area contributed by atoms with Crippen molar-refractivity contribution in [3.63, 3.8) is 0 Å². The normalized spacial score (nSPS) is 11.0. The molecule has 2 heterocycles. The summed E-state index contributed by atoms with van der Waals surface area (Å²) in [7, 11) is 0. The van der Waals surface area contributed by atoms with Crippen LogP contribution in [0.25, 0.3) is 0 Å². The molecule has 0 unspecified atom stereocenters. The van der Waals surface area contributed by atoms with E-state index in [0.717, 1.165) is 15.2 Å². The van der Waals surface area contributed by atoms with E-state index in [2.05, 4.69) is 15.3 Å². The molecular formula is C23H18ClF2N5O4. The minimum absolute atomic E-state index is 0.0289. The lowest BCUT2D eigenvalue weighted by molar-refractivity contribution is 0.475. The Kier molecular flexibility index (Phi) is 6.52. The zero-order chi connectivity index (χ0) is 25.3. The van der Waals surface area contributed by atoms with Crippen molar-refractivity contribution in [3.05, 3.63) is 113 Å². The first kappa shape index (κ1) is 23.9. The third-order valence-electron chi connectivity index (χ3n) is 5.19. The van der Waals surface area contributed by atoms with Crippen molar-refractivity contribution in [2.45, 2.75) is 20.0 Å². The highest BCUT2D eigenvalue weighted by molar-refractivity contribution is 6.33. The molecule has 0 aliphatic carbocycles. The molecule has 0 bridgehead atoms. The third kappa shape index (κ3) is 4.99. The van der Waals surface area contributed by atoms with Crippen LogP contribution in [0.1, 0.15) is 16.7 Å². The van der Waals surface area contributed by atoms with Gasteiger partial charge >= 0.3 is 11.4 Å². The number of pyridine rings is 1. The molecule has 0 aliphatic heterocycles. The van der Waals surface area contributed by atoms with Crippen molar-refractivity contribution >= 4 is 23.2 Å². The first-order valence-corrected chi connectivity index (χ1v) is 10.6. The van der Waals surface area contributed by atoms with Crippen LogP contribution in [0.15, 0.2) is 63.0 Å². The van der Waals surface area contributed by atoms with Gasteiger partial charge in [0.05, 0.1) is 23.8 Å². The highest BCUT2D eigenvalue weighted by atomic mass is 35.5. The number of nitrogens with zero attached hydrogens (tertiary/aromatic N) is 3. The first-order chi connectivity index (χ1) is 16.6. The highest BCUT2D eigenvalue weighted by Crippen LogP contribution is 2.28. The largest absolute Gasteiger partial charge is 0.508 e. The summed E-state index contributed by atoms with van der Waals surface area (Å²) in [6, 6.07) is 9.27. The average Bonchev–Trinajstić information content (AvgIpc) is 2.80. The molecule has 4 rings (SSSR count). The number of H-pyrrole nitrogens is 1. The number of phenols is 1. The van der Waals surface area contributed by atoms with E-state index >= 15 is 0 Å². The van der Waals surface area contributed by atoms with Crippen molar-refractivity contribution in [2.24, 2.45) is 0 Å².